The maximum atomic E-state index is 12.2. The van der Waals surface area contributed by atoms with E-state index in [1.165, 1.54) is 13.2 Å². The van der Waals surface area contributed by atoms with Crippen molar-refractivity contribution in [3.8, 4) is 0 Å². The quantitative estimate of drug-likeness (QED) is 0.642. The number of nitro groups is 1. The van der Waals surface area contributed by atoms with Gasteiger partial charge in [-0.2, -0.15) is 0 Å². The van der Waals surface area contributed by atoms with Crippen molar-refractivity contribution in [3.63, 3.8) is 0 Å². The van der Waals surface area contributed by atoms with Gasteiger partial charge < -0.3 is 5.32 Å². The Labute approximate surface area is 125 Å². The molecule has 0 aliphatic heterocycles. The van der Waals surface area contributed by atoms with E-state index in [2.05, 4.69) is 15.0 Å². The SMILES string of the molecule is CNc1sc(S(=O)(=O)Nc2ccc(C)nc2)cc1[N+](=O)[O-]. The van der Waals surface area contributed by atoms with Gasteiger partial charge in [-0.15, -0.1) is 0 Å². The second kappa shape index (κ2) is 5.66. The topological polar surface area (TPSA) is 114 Å². The van der Waals surface area contributed by atoms with Gasteiger partial charge in [-0.3, -0.25) is 19.8 Å². The Balaban J connectivity index is 2.35. The number of thiophene rings is 1. The van der Waals surface area contributed by atoms with Crippen LogP contribution >= 0.6 is 11.3 Å². The van der Waals surface area contributed by atoms with Crippen molar-refractivity contribution in [2.24, 2.45) is 0 Å². The number of hydrogen-bond acceptors (Lipinski definition) is 7. The van der Waals surface area contributed by atoms with Crippen LogP contribution in [0.4, 0.5) is 16.4 Å². The largest absolute Gasteiger partial charge is 0.374 e. The van der Waals surface area contributed by atoms with E-state index in [-0.39, 0.29) is 14.9 Å². The summed E-state index contributed by atoms with van der Waals surface area (Å²) < 4.78 is 26.6. The fourth-order valence-corrected chi connectivity index (χ4v) is 3.86. The van der Waals surface area contributed by atoms with E-state index in [4.69, 9.17) is 0 Å². The third kappa shape index (κ3) is 3.28. The van der Waals surface area contributed by atoms with E-state index in [0.29, 0.717) is 5.69 Å². The number of aryl methyl sites for hydroxylation is 1. The summed E-state index contributed by atoms with van der Waals surface area (Å²) in [6.07, 6.45) is 1.38. The lowest BCUT2D eigenvalue weighted by Gasteiger charge is -2.05. The van der Waals surface area contributed by atoms with Gasteiger partial charge in [0.1, 0.15) is 4.21 Å². The van der Waals surface area contributed by atoms with Gasteiger partial charge >= 0.3 is 5.69 Å². The third-order valence-corrected chi connectivity index (χ3v) is 5.54. The number of anilines is 2. The Hall–Kier alpha value is -2.20. The van der Waals surface area contributed by atoms with Crippen LogP contribution in [0.25, 0.3) is 0 Å². The summed E-state index contributed by atoms with van der Waals surface area (Å²) in [4.78, 5) is 14.2. The molecule has 21 heavy (non-hydrogen) atoms. The molecule has 0 spiro atoms. The van der Waals surface area contributed by atoms with Crippen molar-refractivity contribution in [1.82, 2.24) is 4.98 Å². The standard InChI is InChI=1S/C11H12N4O4S2/c1-7-3-4-8(6-13-7)14-21(18,19)10-5-9(15(16)17)11(12-2)20-10/h3-6,12,14H,1-2H3. The second-order valence-corrected chi connectivity index (χ2v) is 7.04. The van der Waals surface area contributed by atoms with Gasteiger partial charge in [0, 0.05) is 18.8 Å². The van der Waals surface area contributed by atoms with Crippen molar-refractivity contribution in [2.75, 3.05) is 17.1 Å². The highest BCUT2D eigenvalue weighted by Gasteiger charge is 2.25. The number of sulfonamides is 1. The van der Waals surface area contributed by atoms with Crippen LogP contribution in [0.1, 0.15) is 5.69 Å². The Morgan fingerprint density at radius 2 is 2.10 bits per heavy atom. The highest BCUT2D eigenvalue weighted by molar-refractivity contribution is 7.94. The highest BCUT2D eigenvalue weighted by Crippen LogP contribution is 2.37. The summed E-state index contributed by atoms with van der Waals surface area (Å²) in [5.41, 5.74) is 0.773. The predicted octanol–water partition coefficient (Wildman–Crippen LogP) is 2.20. The smallest absolute Gasteiger partial charge is 0.304 e. The molecule has 0 unspecified atom stereocenters. The van der Waals surface area contributed by atoms with Crippen LogP contribution < -0.4 is 10.0 Å². The zero-order valence-electron chi connectivity index (χ0n) is 11.2. The van der Waals surface area contributed by atoms with Crippen molar-refractivity contribution in [1.29, 1.82) is 0 Å². The Bertz CT molecular complexity index is 768. The molecule has 2 rings (SSSR count). The lowest BCUT2D eigenvalue weighted by molar-refractivity contribution is -0.383. The number of rotatable bonds is 5. The summed E-state index contributed by atoms with van der Waals surface area (Å²) in [6.45, 7) is 1.78. The van der Waals surface area contributed by atoms with Crippen LogP contribution in [0.15, 0.2) is 28.6 Å². The molecule has 2 N–H and O–H groups in total. The zero-order chi connectivity index (χ0) is 15.6. The van der Waals surface area contributed by atoms with Crippen molar-refractivity contribution in [3.05, 3.63) is 40.2 Å². The predicted molar refractivity (Wildman–Crippen MR) is 80.3 cm³/mol. The summed E-state index contributed by atoms with van der Waals surface area (Å²) >= 11 is 0.794. The van der Waals surface area contributed by atoms with Crippen molar-refractivity contribution in [2.45, 2.75) is 11.1 Å². The molecule has 0 amide bonds. The van der Waals surface area contributed by atoms with Crippen molar-refractivity contribution >= 4 is 37.7 Å². The number of nitrogens with one attached hydrogen (secondary N) is 2. The first-order valence-electron chi connectivity index (χ1n) is 5.75. The molecule has 0 radical (unpaired) electrons. The molecule has 0 aromatic carbocycles. The van der Waals surface area contributed by atoms with E-state index in [9.17, 15) is 18.5 Å². The van der Waals surface area contributed by atoms with Gasteiger partial charge in [0.05, 0.1) is 16.8 Å². The molecule has 0 fully saturated rings. The van der Waals surface area contributed by atoms with Crippen LogP contribution in [0.2, 0.25) is 0 Å². The number of aromatic nitrogens is 1. The molecule has 2 heterocycles. The van der Waals surface area contributed by atoms with E-state index in [1.807, 2.05) is 0 Å². The minimum Gasteiger partial charge on any atom is -0.374 e. The summed E-state index contributed by atoms with van der Waals surface area (Å²) in [5.74, 6) is 0. The molecule has 0 aliphatic carbocycles. The molecule has 8 nitrogen and oxygen atoms in total. The molecule has 2 aromatic rings. The van der Waals surface area contributed by atoms with E-state index < -0.39 is 14.9 Å². The average molecular weight is 328 g/mol. The van der Waals surface area contributed by atoms with Crippen molar-refractivity contribution < 1.29 is 13.3 Å². The molecule has 10 heteroatoms. The molecule has 0 saturated heterocycles. The van der Waals surface area contributed by atoms with Gasteiger partial charge in [-0.05, 0) is 19.1 Å². The average Bonchev–Trinajstić information content (AvgIpc) is 2.86. The Morgan fingerprint density at radius 3 is 2.57 bits per heavy atom. The highest BCUT2D eigenvalue weighted by atomic mass is 32.2. The lowest BCUT2D eigenvalue weighted by Crippen LogP contribution is -2.11. The van der Waals surface area contributed by atoms with Crippen LogP contribution in [0.3, 0.4) is 0 Å². The first-order valence-corrected chi connectivity index (χ1v) is 8.05. The number of nitrogens with zero attached hydrogens (tertiary/aromatic N) is 2. The normalized spacial score (nSPS) is 11.1. The first-order chi connectivity index (χ1) is 9.83. The molecular weight excluding hydrogens is 316 g/mol. The van der Waals surface area contributed by atoms with E-state index in [0.717, 1.165) is 23.1 Å². The van der Waals surface area contributed by atoms with Crippen LogP contribution in [-0.2, 0) is 10.0 Å². The van der Waals surface area contributed by atoms with Crippen LogP contribution in [0, 0.1) is 17.0 Å². The lowest BCUT2D eigenvalue weighted by atomic mass is 10.4. The minimum atomic E-state index is -3.89. The zero-order valence-corrected chi connectivity index (χ0v) is 12.8. The van der Waals surface area contributed by atoms with Gasteiger partial charge in [-0.1, -0.05) is 11.3 Å². The fraction of sp³-hybridized carbons (Fsp3) is 0.182. The Kier molecular flexibility index (Phi) is 4.09. The van der Waals surface area contributed by atoms with Gasteiger partial charge in [0.25, 0.3) is 10.0 Å². The summed E-state index contributed by atoms with van der Waals surface area (Å²) in [6, 6.07) is 4.26. The minimum absolute atomic E-state index is 0.140. The third-order valence-electron chi connectivity index (χ3n) is 2.54. The molecule has 0 bridgehead atoms. The summed E-state index contributed by atoms with van der Waals surface area (Å²) in [7, 11) is -2.39. The molecule has 2 aromatic heterocycles. The first kappa shape index (κ1) is 15.2. The number of pyridine rings is 1. The molecule has 0 aliphatic rings. The molecular formula is C11H12N4O4S2. The summed E-state index contributed by atoms with van der Waals surface area (Å²) in [5, 5.41) is 13.7. The van der Waals surface area contributed by atoms with E-state index in [1.54, 1.807) is 19.1 Å². The molecule has 112 valence electrons. The Morgan fingerprint density at radius 1 is 1.38 bits per heavy atom. The molecule has 0 saturated carbocycles. The fourth-order valence-electron chi connectivity index (χ4n) is 1.54. The second-order valence-electron chi connectivity index (χ2n) is 4.08. The monoisotopic (exact) mass is 328 g/mol. The maximum absolute atomic E-state index is 12.2. The maximum Gasteiger partial charge on any atom is 0.304 e. The number of hydrogen-bond donors (Lipinski definition) is 2. The van der Waals surface area contributed by atoms with Gasteiger partial charge in [0.15, 0.2) is 5.00 Å². The van der Waals surface area contributed by atoms with E-state index >= 15 is 0 Å². The van der Waals surface area contributed by atoms with Gasteiger partial charge in [-0.25, -0.2) is 8.42 Å². The van der Waals surface area contributed by atoms with Crippen LogP contribution in [0.5, 0.6) is 0 Å². The molecule has 0 atom stereocenters. The van der Waals surface area contributed by atoms with Crippen LogP contribution in [-0.4, -0.2) is 25.4 Å². The van der Waals surface area contributed by atoms with Gasteiger partial charge in [0.2, 0.25) is 0 Å².